The summed E-state index contributed by atoms with van der Waals surface area (Å²) < 4.78 is 7.82. The van der Waals surface area contributed by atoms with E-state index in [9.17, 15) is 0 Å². The second-order valence-electron chi connectivity index (χ2n) is 7.42. The number of hydrogen-bond acceptors (Lipinski definition) is 4. The Morgan fingerprint density at radius 3 is 2.69 bits per heavy atom. The van der Waals surface area contributed by atoms with Crippen molar-refractivity contribution in [2.75, 3.05) is 26.2 Å². The molecular weight excluding hydrogens is 384 g/mol. The Bertz CT molecular complexity index is 1090. The second-order valence-corrected chi connectivity index (χ2v) is 7.85. The topological polar surface area (TPSA) is 45.7 Å². The Labute approximate surface area is 174 Å². The van der Waals surface area contributed by atoms with Crippen LogP contribution in [0.15, 0.2) is 65.4 Å². The number of aromatic nitrogens is 2. The van der Waals surface area contributed by atoms with Gasteiger partial charge in [-0.1, -0.05) is 23.7 Å². The third-order valence-electron chi connectivity index (χ3n) is 5.45. The zero-order valence-corrected chi connectivity index (χ0v) is 16.9. The maximum Gasteiger partial charge on any atom is 0.137 e. The summed E-state index contributed by atoms with van der Waals surface area (Å²) in [5.41, 5.74) is 5.27. The maximum absolute atomic E-state index is 6.12. The van der Waals surface area contributed by atoms with Crippen LogP contribution in [0.1, 0.15) is 12.1 Å². The average Bonchev–Trinajstić information content (AvgIpc) is 3.31. The number of furan rings is 1. The minimum absolute atomic E-state index is 0.734. The first-order valence-corrected chi connectivity index (χ1v) is 10.4. The molecule has 5 rings (SSSR count). The summed E-state index contributed by atoms with van der Waals surface area (Å²) in [4.78, 5) is 7.47. The molecule has 1 fully saturated rings. The van der Waals surface area contributed by atoms with Gasteiger partial charge in [-0.25, -0.2) is 4.98 Å². The van der Waals surface area contributed by atoms with Crippen molar-refractivity contribution in [3.8, 4) is 22.6 Å². The smallest absolute Gasteiger partial charge is 0.137 e. The molecule has 4 heterocycles. The van der Waals surface area contributed by atoms with Crippen LogP contribution in [0.2, 0.25) is 5.02 Å². The molecule has 148 valence electrons. The van der Waals surface area contributed by atoms with Crippen LogP contribution in [0.25, 0.3) is 28.2 Å². The minimum atomic E-state index is 0.734. The fourth-order valence-corrected chi connectivity index (χ4v) is 4.07. The van der Waals surface area contributed by atoms with Crippen molar-refractivity contribution >= 4 is 17.2 Å². The van der Waals surface area contributed by atoms with E-state index in [0.29, 0.717) is 0 Å². The standard InChI is InChI=1S/C23H23ClN4O/c24-19-7-4-17(5-8-19)23-20(16-27-12-2-10-25-11-13-27)28-15-18(6-9-22(28)26-23)21-3-1-14-29-21/h1,3-9,14-15,25H,2,10-13,16H2. The van der Waals surface area contributed by atoms with Crippen molar-refractivity contribution in [3.63, 3.8) is 0 Å². The van der Waals surface area contributed by atoms with Gasteiger partial charge in [0.2, 0.25) is 0 Å². The molecule has 0 bridgehead atoms. The van der Waals surface area contributed by atoms with E-state index in [1.54, 1.807) is 6.26 Å². The lowest BCUT2D eigenvalue weighted by Gasteiger charge is -2.20. The molecule has 3 aromatic heterocycles. The summed E-state index contributed by atoms with van der Waals surface area (Å²) in [6.45, 7) is 5.06. The molecular formula is C23H23ClN4O. The number of nitrogens with one attached hydrogen (secondary N) is 1. The third-order valence-corrected chi connectivity index (χ3v) is 5.70. The maximum atomic E-state index is 6.12. The van der Waals surface area contributed by atoms with Crippen molar-refractivity contribution in [1.82, 2.24) is 19.6 Å². The van der Waals surface area contributed by atoms with Gasteiger partial charge in [-0.2, -0.15) is 0 Å². The molecule has 0 amide bonds. The van der Waals surface area contributed by atoms with Gasteiger partial charge in [0, 0.05) is 42.0 Å². The van der Waals surface area contributed by atoms with Gasteiger partial charge < -0.3 is 14.1 Å². The molecule has 29 heavy (non-hydrogen) atoms. The molecule has 0 radical (unpaired) electrons. The van der Waals surface area contributed by atoms with Gasteiger partial charge in [0.05, 0.1) is 17.7 Å². The van der Waals surface area contributed by atoms with E-state index >= 15 is 0 Å². The SMILES string of the molecule is Clc1ccc(-c2nc3ccc(-c4ccco4)cn3c2CN2CCCNCC2)cc1. The lowest BCUT2D eigenvalue weighted by Crippen LogP contribution is -2.28. The molecule has 0 unspecified atom stereocenters. The lowest BCUT2D eigenvalue weighted by molar-refractivity contribution is 0.281. The molecule has 1 aliphatic rings. The predicted octanol–water partition coefficient (Wildman–Crippen LogP) is 4.71. The van der Waals surface area contributed by atoms with Gasteiger partial charge in [-0.3, -0.25) is 4.90 Å². The number of benzene rings is 1. The minimum Gasteiger partial charge on any atom is -0.464 e. The Kier molecular flexibility index (Phi) is 5.10. The van der Waals surface area contributed by atoms with Gasteiger partial charge in [0.15, 0.2) is 0 Å². The van der Waals surface area contributed by atoms with Crippen LogP contribution >= 0.6 is 11.6 Å². The molecule has 0 saturated carbocycles. The van der Waals surface area contributed by atoms with Crippen LogP contribution in [0.4, 0.5) is 0 Å². The van der Waals surface area contributed by atoms with E-state index in [4.69, 9.17) is 21.0 Å². The fraction of sp³-hybridized carbons (Fsp3) is 0.261. The highest BCUT2D eigenvalue weighted by atomic mass is 35.5. The normalized spacial score (nSPS) is 15.6. The predicted molar refractivity (Wildman–Crippen MR) is 116 cm³/mol. The summed E-state index contributed by atoms with van der Waals surface area (Å²) >= 11 is 6.12. The average molecular weight is 407 g/mol. The zero-order chi connectivity index (χ0) is 19.6. The van der Waals surface area contributed by atoms with Crippen LogP contribution in [0.3, 0.4) is 0 Å². The Morgan fingerprint density at radius 2 is 1.86 bits per heavy atom. The Morgan fingerprint density at radius 1 is 1.00 bits per heavy atom. The first kappa shape index (κ1) is 18.4. The van der Waals surface area contributed by atoms with Gasteiger partial charge in [-0.05, 0) is 55.9 Å². The summed E-state index contributed by atoms with van der Waals surface area (Å²) in [5.74, 6) is 0.860. The second kappa shape index (κ2) is 8.03. The molecule has 6 heteroatoms. The van der Waals surface area contributed by atoms with Crippen molar-refractivity contribution in [2.24, 2.45) is 0 Å². The van der Waals surface area contributed by atoms with Gasteiger partial charge >= 0.3 is 0 Å². The fourth-order valence-electron chi connectivity index (χ4n) is 3.94. The zero-order valence-electron chi connectivity index (χ0n) is 16.1. The van der Waals surface area contributed by atoms with E-state index < -0.39 is 0 Å². The highest BCUT2D eigenvalue weighted by Crippen LogP contribution is 2.29. The molecule has 0 aliphatic carbocycles. The van der Waals surface area contributed by atoms with Gasteiger partial charge in [-0.15, -0.1) is 0 Å². The highest BCUT2D eigenvalue weighted by molar-refractivity contribution is 6.30. The molecule has 0 atom stereocenters. The van der Waals surface area contributed by atoms with Crippen LogP contribution in [-0.4, -0.2) is 40.5 Å². The summed E-state index contributed by atoms with van der Waals surface area (Å²) in [7, 11) is 0. The number of hydrogen-bond donors (Lipinski definition) is 1. The summed E-state index contributed by atoms with van der Waals surface area (Å²) in [6.07, 6.45) is 4.99. The molecule has 1 saturated heterocycles. The Balaban J connectivity index is 1.62. The number of pyridine rings is 1. The first-order valence-electron chi connectivity index (χ1n) is 10.0. The number of nitrogens with zero attached hydrogens (tertiary/aromatic N) is 3. The molecule has 4 aromatic rings. The first-order chi connectivity index (χ1) is 14.3. The number of imidazole rings is 1. The van der Waals surface area contributed by atoms with Crippen molar-refractivity contribution in [1.29, 1.82) is 0 Å². The van der Waals surface area contributed by atoms with E-state index in [1.165, 1.54) is 5.69 Å². The largest absolute Gasteiger partial charge is 0.464 e. The quantitative estimate of drug-likeness (QED) is 0.533. The number of fused-ring (bicyclic) bond motifs is 1. The number of rotatable bonds is 4. The molecule has 5 nitrogen and oxygen atoms in total. The van der Waals surface area contributed by atoms with Gasteiger partial charge in [0.25, 0.3) is 0 Å². The van der Waals surface area contributed by atoms with Crippen LogP contribution in [-0.2, 0) is 6.54 Å². The van der Waals surface area contributed by atoms with Crippen molar-refractivity contribution < 1.29 is 4.42 Å². The molecule has 0 spiro atoms. The van der Waals surface area contributed by atoms with Crippen LogP contribution < -0.4 is 5.32 Å². The monoisotopic (exact) mass is 406 g/mol. The number of halogens is 1. The van der Waals surface area contributed by atoms with E-state index in [1.807, 2.05) is 36.4 Å². The summed E-state index contributed by atoms with van der Waals surface area (Å²) in [6, 6.07) is 16.0. The van der Waals surface area contributed by atoms with Crippen LogP contribution in [0.5, 0.6) is 0 Å². The highest BCUT2D eigenvalue weighted by Gasteiger charge is 2.19. The molecule has 1 aliphatic heterocycles. The van der Waals surface area contributed by atoms with Crippen molar-refractivity contribution in [3.05, 3.63) is 71.7 Å². The van der Waals surface area contributed by atoms with E-state index in [-0.39, 0.29) is 0 Å². The molecule has 1 aromatic carbocycles. The lowest BCUT2D eigenvalue weighted by atomic mass is 10.1. The van der Waals surface area contributed by atoms with E-state index in [2.05, 4.69) is 32.9 Å². The van der Waals surface area contributed by atoms with E-state index in [0.717, 1.165) is 72.4 Å². The summed E-state index contributed by atoms with van der Waals surface area (Å²) in [5, 5.41) is 4.22. The molecule has 1 N–H and O–H groups in total. The Hall–Kier alpha value is -2.60. The van der Waals surface area contributed by atoms with Crippen molar-refractivity contribution in [2.45, 2.75) is 13.0 Å². The van der Waals surface area contributed by atoms with Crippen LogP contribution in [0, 0.1) is 0 Å². The third kappa shape index (κ3) is 3.81. The van der Waals surface area contributed by atoms with Gasteiger partial charge in [0.1, 0.15) is 11.4 Å².